The number of benzene rings is 1. The van der Waals surface area contributed by atoms with Crippen LogP contribution in [0.15, 0.2) is 53.3 Å². The Morgan fingerprint density at radius 1 is 1.00 bits per heavy atom. The maximum atomic E-state index is 12.1. The number of amides is 2. The number of carbonyl (C=O) groups excluding carboxylic acids is 2. The summed E-state index contributed by atoms with van der Waals surface area (Å²) in [7, 11) is 0. The highest BCUT2D eigenvalue weighted by atomic mass is 16.3. The van der Waals surface area contributed by atoms with Gasteiger partial charge in [-0.3, -0.25) is 20.4 Å². The molecule has 122 valence electrons. The zero-order valence-corrected chi connectivity index (χ0v) is 13.2. The van der Waals surface area contributed by atoms with Crippen LogP contribution < -0.4 is 10.9 Å². The van der Waals surface area contributed by atoms with Gasteiger partial charge in [-0.25, -0.2) is 4.68 Å². The van der Waals surface area contributed by atoms with Gasteiger partial charge in [-0.15, -0.1) is 0 Å². The molecule has 0 radical (unpaired) electrons. The van der Waals surface area contributed by atoms with E-state index < -0.39 is 11.8 Å². The number of nitrogens with zero attached hydrogens (tertiary/aromatic N) is 2. The lowest BCUT2D eigenvalue weighted by atomic mass is 10.2. The van der Waals surface area contributed by atoms with Gasteiger partial charge in [0, 0.05) is 17.5 Å². The fraction of sp³-hybridized carbons (Fsp3) is 0.118. The molecule has 1 aromatic carbocycles. The molecule has 0 unspecified atom stereocenters. The van der Waals surface area contributed by atoms with Crippen LogP contribution >= 0.6 is 0 Å². The third kappa shape index (κ3) is 3.05. The van der Waals surface area contributed by atoms with Crippen LogP contribution in [0.2, 0.25) is 0 Å². The number of hydrogen-bond acceptors (Lipinski definition) is 4. The predicted octanol–water partition coefficient (Wildman–Crippen LogP) is 2.16. The number of nitrogens with one attached hydrogen (secondary N) is 2. The molecule has 24 heavy (non-hydrogen) atoms. The van der Waals surface area contributed by atoms with Crippen molar-refractivity contribution >= 4 is 11.8 Å². The fourth-order valence-corrected chi connectivity index (χ4v) is 2.27. The van der Waals surface area contributed by atoms with Gasteiger partial charge in [0.1, 0.15) is 5.76 Å². The topological polar surface area (TPSA) is 89.2 Å². The normalized spacial score (nSPS) is 10.4. The van der Waals surface area contributed by atoms with Crippen LogP contribution in [0.3, 0.4) is 0 Å². The highest BCUT2D eigenvalue weighted by molar-refractivity contribution is 5.99. The smallest absolute Gasteiger partial charge is 0.273 e. The van der Waals surface area contributed by atoms with Gasteiger partial charge in [-0.2, -0.15) is 5.10 Å². The number of hydrazine groups is 1. The molecule has 3 rings (SSSR count). The lowest BCUT2D eigenvalue weighted by molar-refractivity contribution is 0.0845. The molecule has 0 fully saturated rings. The molecule has 0 saturated carbocycles. The Bertz CT molecular complexity index is 877. The fourth-order valence-electron chi connectivity index (χ4n) is 2.27. The van der Waals surface area contributed by atoms with Crippen molar-refractivity contribution in [2.45, 2.75) is 13.8 Å². The maximum absolute atomic E-state index is 12.1. The van der Waals surface area contributed by atoms with Gasteiger partial charge in [-0.1, -0.05) is 0 Å². The molecule has 0 aliphatic heterocycles. The number of aromatic nitrogens is 2. The highest BCUT2D eigenvalue weighted by Crippen LogP contribution is 2.11. The standard InChI is InChI=1S/C17H16N4O3/c1-11-7-9-18-21(11)14-5-3-13(4-6-14)16(22)19-20-17(23)15-8-10-24-12(15)2/h3-10H,1-2H3,(H,19,22)(H,20,23). The maximum Gasteiger partial charge on any atom is 0.273 e. The summed E-state index contributed by atoms with van der Waals surface area (Å²) in [6, 6.07) is 10.3. The van der Waals surface area contributed by atoms with Crippen LogP contribution in [-0.4, -0.2) is 21.6 Å². The first kappa shape index (κ1) is 15.5. The third-order valence-corrected chi connectivity index (χ3v) is 3.60. The predicted molar refractivity (Wildman–Crippen MR) is 86.7 cm³/mol. The molecular weight excluding hydrogens is 308 g/mol. The molecule has 0 bridgehead atoms. The second kappa shape index (κ2) is 6.41. The average Bonchev–Trinajstić information content (AvgIpc) is 3.20. The lowest BCUT2D eigenvalue weighted by Gasteiger charge is -2.08. The minimum absolute atomic E-state index is 0.375. The van der Waals surface area contributed by atoms with Crippen molar-refractivity contribution in [2.24, 2.45) is 0 Å². The lowest BCUT2D eigenvalue weighted by Crippen LogP contribution is -2.41. The Balaban J connectivity index is 1.64. The van der Waals surface area contributed by atoms with Gasteiger partial charge in [-0.05, 0) is 50.2 Å². The number of aryl methyl sites for hydroxylation is 2. The summed E-state index contributed by atoms with van der Waals surface area (Å²) >= 11 is 0. The monoisotopic (exact) mass is 324 g/mol. The minimum atomic E-state index is -0.432. The first-order valence-electron chi connectivity index (χ1n) is 7.32. The Hall–Kier alpha value is -3.35. The third-order valence-electron chi connectivity index (χ3n) is 3.60. The molecular formula is C17H16N4O3. The molecule has 2 heterocycles. The zero-order valence-electron chi connectivity index (χ0n) is 13.2. The van der Waals surface area contributed by atoms with Crippen molar-refractivity contribution < 1.29 is 14.0 Å². The van der Waals surface area contributed by atoms with Crippen molar-refractivity contribution in [2.75, 3.05) is 0 Å². The van der Waals surface area contributed by atoms with Crippen molar-refractivity contribution in [3.63, 3.8) is 0 Å². The molecule has 2 amide bonds. The van der Waals surface area contributed by atoms with Crippen molar-refractivity contribution in [3.8, 4) is 5.69 Å². The average molecular weight is 324 g/mol. The number of rotatable bonds is 3. The summed E-state index contributed by atoms with van der Waals surface area (Å²) in [6.45, 7) is 3.62. The molecule has 0 aliphatic rings. The minimum Gasteiger partial charge on any atom is -0.469 e. The van der Waals surface area contributed by atoms with E-state index in [-0.39, 0.29) is 0 Å². The Morgan fingerprint density at radius 3 is 2.29 bits per heavy atom. The number of hydrogen-bond donors (Lipinski definition) is 2. The van der Waals surface area contributed by atoms with Crippen LogP contribution in [0, 0.1) is 13.8 Å². The second-order valence-corrected chi connectivity index (χ2v) is 5.23. The molecule has 3 aromatic rings. The molecule has 0 saturated heterocycles. The highest BCUT2D eigenvalue weighted by Gasteiger charge is 2.13. The molecule has 0 spiro atoms. The van der Waals surface area contributed by atoms with Gasteiger partial charge in [0.25, 0.3) is 11.8 Å². The molecule has 2 aromatic heterocycles. The van der Waals surface area contributed by atoms with Crippen molar-refractivity contribution in [1.29, 1.82) is 0 Å². The summed E-state index contributed by atoms with van der Waals surface area (Å²) in [5, 5.41) is 4.21. The Morgan fingerprint density at radius 2 is 1.71 bits per heavy atom. The van der Waals surface area contributed by atoms with E-state index in [1.807, 2.05) is 13.0 Å². The molecule has 0 atom stereocenters. The van der Waals surface area contributed by atoms with Crippen LogP contribution in [0.1, 0.15) is 32.2 Å². The Kier molecular flexibility index (Phi) is 4.15. The molecule has 7 nitrogen and oxygen atoms in total. The largest absolute Gasteiger partial charge is 0.469 e. The van der Waals surface area contributed by atoms with Crippen molar-refractivity contribution in [3.05, 3.63) is 71.4 Å². The van der Waals surface area contributed by atoms with Gasteiger partial charge in [0.05, 0.1) is 17.5 Å². The van der Waals surface area contributed by atoms with Gasteiger partial charge >= 0.3 is 0 Å². The van der Waals surface area contributed by atoms with Crippen molar-refractivity contribution in [1.82, 2.24) is 20.6 Å². The van der Waals surface area contributed by atoms with Gasteiger partial charge in [0.15, 0.2) is 0 Å². The summed E-state index contributed by atoms with van der Waals surface area (Å²) in [4.78, 5) is 24.0. The van der Waals surface area contributed by atoms with Crippen LogP contribution in [0.4, 0.5) is 0 Å². The molecule has 0 aliphatic carbocycles. The summed E-state index contributed by atoms with van der Waals surface area (Å²) in [5.74, 6) is -0.354. The first-order valence-corrected chi connectivity index (χ1v) is 7.32. The van der Waals surface area contributed by atoms with E-state index in [1.54, 1.807) is 42.1 Å². The van der Waals surface area contributed by atoms with Gasteiger partial charge < -0.3 is 4.42 Å². The second-order valence-electron chi connectivity index (χ2n) is 5.23. The first-order chi connectivity index (χ1) is 11.6. The summed E-state index contributed by atoms with van der Waals surface area (Å²) in [6.07, 6.45) is 3.13. The number of carbonyl (C=O) groups is 2. The van der Waals surface area contributed by atoms with E-state index in [0.29, 0.717) is 16.9 Å². The van der Waals surface area contributed by atoms with E-state index in [2.05, 4.69) is 16.0 Å². The summed E-state index contributed by atoms with van der Waals surface area (Å²) < 4.78 is 6.82. The number of furan rings is 1. The van der Waals surface area contributed by atoms with E-state index >= 15 is 0 Å². The SMILES string of the molecule is Cc1occc1C(=O)NNC(=O)c1ccc(-n2nccc2C)cc1. The van der Waals surface area contributed by atoms with E-state index in [1.165, 1.54) is 12.3 Å². The molecule has 2 N–H and O–H groups in total. The van der Waals surface area contributed by atoms with Gasteiger partial charge in [0.2, 0.25) is 0 Å². The van der Waals surface area contributed by atoms with Crippen LogP contribution in [0.25, 0.3) is 5.69 Å². The van der Waals surface area contributed by atoms with E-state index in [9.17, 15) is 9.59 Å². The van der Waals surface area contributed by atoms with E-state index in [0.717, 1.165) is 11.4 Å². The van der Waals surface area contributed by atoms with Crippen LogP contribution in [-0.2, 0) is 0 Å². The quantitative estimate of drug-likeness (QED) is 0.723. The van der Waals surface area contributed by atoms with Crippen LogP contribution in [0.5, 0.6) is 0 Å². The zero-order chi connectivity index (χ0) is 17.1. The Labute approximate surface area is 138 Å². The van der Waals surface area contributed by atoms with E-state index in [4.69, 9.17) is 4.42 Å². The summed E-state index contributed by atoms with van der Waals surface area (Å²) in [5.41, 5.74) is 7.38. The molecule has 7 heteroatoms.